The van der Waals surface area contributed by atoms with Crippen LogP contribution in [0, 0.1) is 0 Å². The summed E-state index contributed by atoms with van der Waals surface area (Å²) < 4.78 is 5.50. The van der Waals surface area contributed by atoms with Gasteiger partial charge in [-0.1, -0.05) is 30.3 Å². The molecule has 1 aromatic carbocycles. The molecule has 2 aliphatic heterocycles. The number of amides is 2. The molecule has 1 aromatic rings. The van der Waals surface area contributed by atoms with E-state index in [0.717, 1.165) is 38.0 Å². The normalized spacial score (nSPS) is 21.3. The Kier molecular flexibility index (Phi) is 7.68. The summed E-state index contributed by atoms with van der Waals surface area (Å²) in [7, 11) is 0. The number of morpholine rings is 1. The minimum atomic E-state index is -0.538. The van der Waals surface area contributed by atoms with E-state index in [1.165, 1.54) is 0 Å². The highest BCUT2D eigenvalue weighted by Crippen LogP contribution is 2.12. The number of hydrogen-bond acceptors (Lipinski definition) is 4. The lowest BCUT2D eigenvalue weighted by molar-refractivity contribution is -0.140. The van der Waals surface area contributed by atoms with Gasteiger partial charge in [0.1, 0.15) is 12.1 Å². The van der Waals surface area contributed by atoms with Crippen molar-refractivity contribution in [3.8, 4) is 0 Å². The Bertz CT molecular complexity index is 558. The van der Waals surface area contributed by atoms with Crippen LogP contribution in [-0.4, -0.2) is 61.6 Å². The second-order valence-corrected chi connectivity index (χ2v) is 6.35. The summed E-state index contributed by atoms with van der Waals surface area (Å²) in [6.45, 7) is 3.32. The number of likely N-dealkylation sites (tertiary alicyclic amines) is 1. The molecular formula is C18H26ClN3O3. The molecule has 2 heterocycles. The third-order valence-electron chi connectivity index (χ3n) is 4.54. The van der Waals surface area contributed by atoms with Crippen molar-refractivity contribution in [2.45, 2.75) is 31.4 Å². The van der Waals surface area contributed by atoms with Crippen molar-refractivity contribution in [2.24, 2.45) is 0 Å². The fourth-order valence-corrected chi connectivity index (χ4v) is 3.21. The van der Waals surface area contributed by atoms with Gasteiger partial charge in [-0.25, -0.2) is 0 Å². The van der Waals surface area contributed by atoms with E-state index in [-0.39, 0.29) is 24.2 Å². The van der Waals surface area contributed by atoms with Gasteiger partial charge in [-0.05, 0) is 18.4 Å². The van der Waals surface area contributed by atoms with E-state index in [1.807, 2.05) is 35.2 Å². The Balaban J connectivity index is 0.00000225. The molecule has 0 bridgehead atoms. The molecular weight excluding hydrogens is 342 g/mol. The van der Waals surface area contributed by atoms with Crippen LogP contribution >= 0.6 is 12.4 Å². The quantitative estimate of drug-likeness (QED) is 0.805. The maximum atomic E-state index is 12.8. The number of carbonyl (C=O) groups excluding carboxylic acids is 2. The maximum Gasteiger partial charge on any atom is 0.251 e. The highest BCUT2D eigenvalue weighted by molar-refractivity contribution is 5.90. The fourth-order valence-electron chi connectivity index (χ4n) is 3.21. The average molecular weight is 368 g/mol. The summed E-state index contributed by atoms with van der Waals surface area (Å²) in [4.78, 5) is 27.1. The molecule has 2 atom stereocenters. The first-order valence-electron chi connectivity index (χ1n) is 8.69. The molecule has 0 spiro atoms. The number of halogens is 1. The number of ether oxygens (including phenoxy) is 1. The molecule has 0 aliphatic carbocycles. The van der Waals surface area contributed by atoms with E-state index < -0.39 is 12.1 Å². The van der Waals surface area contributed by atoms with Gasteiger partial charge in [-0.2, -0.15) is 0 Å². The first-order chi connectivity index (χ1) is 11.7. The summed E-state index contributed by atoms with van der Waals surface area (Å²) in [5, 5.41) is 6.06. The Morgan fingerprint density at radius 2 is 1.96 bits per heavy atom. The van der Waals surface area contributed by atoms with Gasteiger partial charge < -0.3 is 20.3 Å². The van der Waals surface area contributed by atoms with Crippen LogP contribution in [0.25, 0.3) is 0 Å². The zero-order chi connectivity index (χ0) is 16.8. The van der Waals surface area contributed by atoms with Gasteiger partial charge in [0.25, 0.3) is 5.91 Å². The zero-order valence-electron chi connectivity index (χ0n) is 14.3. The van der Waals surface area contributed by atoms with Crippen LogP contribution in [0.15, 0.2) is 30.3 Å². The maximum absolute atomic E-state index is 12.8. The second-order valence-electron chi connectivity index (χ2n) is 6.35. The molecule has 2 unspecified atom stereocenters. The van der Waals surface area contributed by atoms with Gasteiger partial charge in [-0.15, -0.1) is 12.4 Å². The van der Waals surface area contributed by atoms with Gasteiger partial charge >= 0.3 is 0 Å². The number of nitrogens with one attached hydrogen (secondary N) is 2. The SMILES string of the molecule is Cl.O=C(NC(Cc1ccccc1)C(=O)N1CCCC1)C1CNCCO1. The second kappa shape index (κ2) is 9.75. The van der Waals surface area contributed by atoms with Crippen LogP contribution in [0.4, 0.5) is 0 Å². The van der Waals surface area contributed by atoms with Crippen molar-refractivity contribution in [1.82, 2.24) is 15.5 Å². The lowest BCUT2D eigenvalue weighted by Gasteiger charge is -2.28. The molecule has 2 aliphatic rings. The highest BCUT2D eigenvalue weighted by atomic mass is 35.5. The van der Waals surface area contributed by atoms with E-state index in [4.69, 9.17) is 4.74 Å². The van der Waals surface area contributed by atoms with Gasteiger partial charge in [-0.3, -0.25) is 9.59 Å². The van der Waals surface area contributed by atoms with Crippen LogP contribution in [-0.2, 0) is 20.7 Å². The number of benzene rings is 1. The minimum absolute atomic E-state index is 0. The molecule has 6 nitrogen and oxygen atoms in total. The minimum Gasteiger partial charge on any atom is -0.366 e. The molecule has 2 amide bonds. The first-order valence-corrected chi connectivity index (χ1v) is 8.69. The Labute approximate surface area is 154 Å². The fraction of sp³-hybridized carbons (Fsp3) is 0.556. The van der Waals surface area contributed by atoms with E-state index in [2.05, 4.69) is 10.6 Å². The first kappa shape index (κ1) is 19.7. The Morgan fingerprint density at radius 3 is 2.60 bits per heavy atom. The largest absolute Gasteiger partial charge is 0.366 e. The molecule has 0 radical (unpaired) electrons. The van der Waals surface area contributed by atoms with E-state index in [0.29, 0.717) is 19.6 Å². The highest BCUT2D eigenvalue weighted by Gasteiger charge is 2.31. The van der Waals surface area contributed by atoms with Crippen LogP contribution in [0.5, 0.6) is 0 Å². The summed E-state index contributed by atoms with van der Waals surface area (Å²) >= 11 is 0. The zero-order valence-corrected chi connectivity index (χ0v) is 15.1. The van der Waals surface area contributed by atoms with Crippen molar-refractivity contribution in [1.29, 1.82) is 0 Å². The molecule has 2 N–H and O–H groups in total. The van der Waals surface area contributed by atoms with E-state index in [9.17, 15) is 9.59 Å². The third kappa shape index (κ3) is 5.42. The molecule has 2 saturated heterocycles. The number of nitrogens with zero attached hydrogens (tertiary/aromatic N) is 1. The third-order valence-corrected chi connectivity index (χ3v) is 4.54. The van der Waals surface area contributed by atoms with Crippen molar-refractivity contribution in [2.75, 3.05) is 32.8 Å². The predicted molar refractivity (Wildman–Crippen MR) is 97.7 cm³/mol. The molecule has 0 aromatic heterocycles. The Hall–Kier alpha value is -1.63. The van der Waals surface area contributed by atoms with E-state index in [1.54, 1.807) is 0 Å². The van der Waals surface area contributed by atoms with E-state index >= 15 is 0 Å². The van der Waals surface area contributed by atoms with Gasteiger partial charge in [0.15, 0.2) is 0 Å². The average Bonchev–Trinajstić information content (AvgIpc) is 3.17. The molecule has 25 heavy (non-hydrogen) atoms. The van der Waals surface area contributed by atoms with Crippen molar-refractivity contribution >= 4 is 24.2 Å². The van der Waals surface area contributed by atoms with Gasteiger partial charge in [0, 0.05) is 32.6 Å². The van der Waals surface area contributed by atoms with Crippen LogP contribution in [0.1, 0.15) is 18.4 Å². The van der Waals surface area contributed by atoms with Crippen LogP contribution < -0.4 is 10.6 Å². The number of rotatable bonds is 5. The van der Waals surface area contributed by atoms with Crippen LogP contribution in [0.3, 0.4) is 0 Å². The standard InChI is InChI=1S/C18H25N3O3.ClH/c22-17(16-13-19-8-11-24-16)20-15(12-14-6-2-1-3-7-14)18(23)21-9-4-5-10-21;/h1-3,6-7,15-16,19H,4-5,8-13H2,(H,20,22);1H. The van der Waals surface area contributed by atoms with Crippen molar-refractivity contribution in [3.63, 3.8) is 0 Å². The van der Waals surface area contributed by atoms with Gasteiger partial charge in [0.05, 0.1) is 6.61 Å². The van der Waals surface area contributed by atoms with Crippen molar-refractivity contribution < 1.29 is 14.3 Å². The molecule has 138 valence electrons. The number of carbonyl (C=O) groups is 2. The lowest BCUT2D eigenvalue weighted by Crippen LogP contribution is -2.55. The summed E-state index contributed by atoms with van der Waals surface area (Å²) in [6, 6.07) is 9.26. The topological polar surface area (TPSA) is 70.7 Å². The summed E-state index contributed by atoms with van der Waals surface area (Å²) in [5.74, 6) is -0.204. The predicted octanol–water partition coefficient (Wildman–Crippen LogP) is 0.746. The van der Waals surface area contributed by atoms with Crippen LogP contribution in [0.2, 0.25) is 0 Å². The molecule has 2 fully saturated rings. The van der Waals surface area contributed by atoms with Crippen molar-refractivity contribution in [3.05, 3.63) is 35.9 Å². The lowest BCUT2D eigenvalue weighted by atomic mass is 10.0. The summed E-state index contributed by atoms with van der Waals surface area (Å²) in [6.07, 6.45) is 2.05. The molecule has 3 rings (SSSR count). The molecule has 7 heteroatoms. The number of hydrogen-bond donors (Lipinski definition) is 2. The molecule has 0 saturated carbocycles. The summed E-state index contributed by atoms with van der Waals surface area (Å²) in [5.41, 5.74) is 1.04. The Morgan fingerprint density at radius 1 is 1.24 bits per heavy atom. The van der Waals surface area contributed by atoms with Gasteiger partial charge in [0.2, 0.25) is 5.91 Å². The monoisotopic (exact) mass is 367 g/mol. The smallest absolute Gasteiger partial charge is 0.251 e.